The monoisotopic (exact) mass is 930 g/mol. The number of benzene rings is 9. The molecule has 2 aliphatic carbocycles. The fourth-order valence-corrected chi connectivity index (χ4v) is 14.6. The highest BCUT2D eigenvalue weighted by Crippen LogP contribution is 2.64. The summed E-state index contributed by atoms with van der Waals surface area (Å²) in [6.45, 7) is 18.4. The first kappa shape index (κ1) is 42.5. The van der Waals surface area contributed by atoms with Crippen LogP contribution in [0.4, 0.5) is 34.1 Å². The molecule has 14 rings (SSSR count). The van der Waals surface area contributed by atoms with E-state index in [0.29, 0.717) is 5.92 Å². The van der Waals surface area contributed by atoms with E-state index in [-0.39, 0.29) is 12.1 Å². The molecular weight excluding hydrogens is 876 g/mol. The molecule has 1 spiro atoms. The quantitative estimate of drug-likeness (QED) is 0.162. The topological polar surface area (TPSA) is 6.48 Å². The zero-order valence-electron chi connectivity index (χ0n) is 41.8. The molecule has 0 fully saturated rings. The van der Waals surface area contributed by atoms with E-state index in [0.717, 1.165) is 0 Å². The molecule has 0 unspecified atom stereocenters. The number of rotatable bonds is 4. The Morgan fingerprint density at radius 2 is 1.14 bits per heavy atom. The summed E-state index contributed by atoms with van der Waals surface area (Å²) in [4.78, 5) is 5.20. The Morgan fingerprint density at radius 1 is 0.521 bits per heavy atom. The van der Waals surface area contributed by atoms with Gasteiger partial charge in [0.15, 0.2) is 0 Å². The third-order valence-electron chi connectivity index (χ3n) is 16.5. The molecular formula is C67H55BN2S. The molecule has 4 heteroatoms. The van der Waals surface area contributed by atoms with E-state index in [1.54, 1.807) is 0 Å². The van der Waals surface area contributed by atoms with Crippen molar-refractivity contribution < 1.29 is 0 Å². The molecule has 2 nitrogen and oxygen atoms in total. The van der Waals surface area contributed by atoms with Crippen molar-refractivity contribution in [2.45, 2.75) is 72.1 Å². The molecule has 0 radical (unpaired) electrons. The summed E-state index contributed by atoms with van der Waals surface area (Å²) in [5.41, 5.74) is 29.7. The lowest BCUT2D eigenvalue weighted by Crippen LogP contribution is -2.60. The van der Waals surface area contributed by atoms with Crippen LogP contribution in [0, 0.1) is 20.8 Å². The SMILES string of the molecule is Cc1cc2c3c(c1)N(c1ccc(C(C)(C)C)cc1)c1c(sc4cc5c(cc14)-c1ccc(C(C)C)cc1C51c4ccccc4-c4ccccc41)B3c1ccc(-c3c(C)cccc3C)cc1N2c1ccccc1. The maximum absolute atomic E-state index is 2.64. The van der Waals surface area contributed by atoms with Crippen LogP contribution in [-0.2, 0) is 10.8 Å². The van der Waals surface area contributed by atoms with Crippen LogP contribution >= 0.6 is 11.3 Å². The number of fused-ring (bicyclic) bond motifs is 16. The molecule has 3 heterocycles. The van der Waals surface area contributed by atoms with Crippen molar-refractivity contribution in [3.05, 3.63) is 232 Å². The number of nitrogens with zero attached hydrogens (tertiary/aromatic N) is 2. The summed E-state index contributed by atoms with van der Waals surface area (Å²) in [6, 6.07) is 70.6. The van der Waals surface area contributed by atoms with E-state index in [2.05, 4.69) is 247 Å². The van der Waals surface area contributed by atoms with Gasteiger partial charge in [-0.1, -0.05) is 162 Å². The summed E-state index contributed by atoms with van der Waals surface area (Å²) >= 11 is 2.01. The third-order valence-corrected chi connectivity index (χ3v) is 17.7. The van der Waals surface area contributed by atoms with Crippen LogP contribution in [0.3, 0.4) is 0 Å². The Hall–Kier alpha value is -7.40. The fourth-order valence-electron chi connectivity index (χ4n) is 13.3. The van der Waals surface area contributed by atoms with Gasteiger partial charge in [-0.3, -0.25) is 0 Å². The molecule has 9 aromatic carbocycles. The molecule has 0 bridgehead atoms. The molecule has 0 amide bonds. The van der Waals surface area contributed by atoms with Gasteiger partial charge in [0.2, 0.25) is 0 Å². The normalized spacial score (nSPS) is 14.4. The fraction of sp³-hybridized carbons (Fsp3) is 0.164. The second-order valence-electron chi connectivity index (χ2n) is 22.0. The highest BCUT2D eigenvalue weighted by Gasteiger charge is 2.53. The number of anilines is 6. The standard InChI is InChI=1S/C67H55BN2S/c1-39(2)43-25-31-50-51-37-52-61(38-56(51)67(55(50)35-43)53-23-14-12-21-48(53)49-22-13-15-24-54(49)67)71-65-64(52)70(47-29-27-45(28-30-47)66(6,7)8)60-34-40(3)33-59-63(60)68(65)57-32-26-44(62-41(4)17-16-18-42(62)5)36-58(57)69(59)46-19-10-9-11-20-46/h9-39H,1-8H3. The molecule has 0 saturated heterocycles. The summed E-state index contributed by atoms with van der Waals surface area (Å²) in [7, 11) is 0. The Bertz CT molecular complexity index is 3820. The predicted molar refractivity (Wildman–Crippen MR) is 305 cm³/mol. The van der Waals surface area contributed by atoms with E-state index in [4.69, 9.17) is 0 Å². The number of hydrogen-bond donors (Lipinski definition) is 0. The van der Waals surface area contributed by atoms with Gasteiger partial charge in [0.05, 0.1) is 11.1 Å². The smallest absolute Gasteiger partial charge is 0.264 e. The van der Waals surface area contributed by atoms with Gasteiger partial charge in [-0.25, -0.2) is 0 Å². The first-order valence-corrected chi connectivity index (χ1v) is 26.3. The predicted octanol–water partition coefficient (Wildman–Crippen LogP) is 16.3. The van der Waals surface area contributed by atoms with Crippen molar-refractivity contribution in [3.63, 3.8) is 0 Å². The van der Waals surface area contributed by atoms with Crippen molar-refractivity contribution in [1.82, 2.24) is 0 Å². The second kappa shape index (κ2) is 15.1. The Balaban J connectivity index is 1.10. The van der Waals surface area contributed by atoms with Crippen LogP contribution in [0.1, 0.15) is 90.6 Å². The highest BCUT2D eigenvalue weighted by atomic mass is 32.1. The van der Waals surface area contributed by atoms with Gasteiger partial charge in [-0.05, 0) is 181 Å². The lowest BCUT2D eigenvalue weighted by atomic mass is 9.36. The average molecular weight is 931 g/mol. The van der Waals surface area contributed by atoms with Crippen molar-refractivity contribution in [1.29, 1.82) is 0 Å². The Morgan fingerprint density at radius 3 is 1.82 bits per heavy atom. The van der Waals surface area contributed by atoms with Gasteiger partial charge in [0.1, 0.15) is 0 Å². The third kappa shape index (κ3) is 5.83. The van der Waals surface area contributed by atoms with E-state index >= 15 is 0 Å². The molecule has 1 aromatic heterocycles. The summed E-state index contributed by atoms with van der Waals surface area (Å²) in [6.07, 6.45) is 0. The average Bonchev–Trinajstić information content (AvgIpc) is 3.99. The minimum absolute atomic E-state index is 0.0118. The second-order valence-corrected chi connectivity index (χ2v) is 23.1. The lowest BCUT2D eigenvalue weighted by Gasteiger charge is -2.43. The number of aryl methyl sites for hydroxylation is 3. The van der Waals surface area contributed by atoms with Gasteiger partial charge in [0, 0.05) is 43.3 Å². The first-order chi connectivity index (χ1) is 34.4. The highest BCUT2D eigenvalue weighted by molar-refractivity contribution is 7.33. The van der Waals surface area contributed by atoms with Gasteiger partial charge in [-0.2, -0.15) is 0 Å². The number of para-hydroxylation sites is 1. The van der Waals surface area contributed by atoms with Crippen LogP contribution in [-0.4, -0.2) is 6.71 Å². The molecule has 0 atom stereocenters. The number of thiophene rings is 1. The van der Waals surface area contributed by atoms with Crippen LogP contribution in [0.2, 0.25) is 0 Å². The van der Waals surface area contributed by atoms with Crippen LogP contribution < -0.4 is 25.5 Å². The van der Waals surface area contributed by atoms with Crippen molar-refractivity contribution in [2.24, 2.45) is 0 Å². The van der Waals surface area contributed by atoms with E-state index in [1.165, 1.54) is 143 Å². The van der Waals surface area contributed by atoms with Crippen molar-refractivity contribution >= 4 is 78.0 Å². The van der Waals surface area contributed by atoms with E-state index in [1.807, 2.05) is 11.3 Å². The number of hydrogen-bond acceptors (Lipinski definition) is 3. The van der Waals surface area contributed by atoms with Gasteiger partial charge < -0.3 is 9.80 Å². The largest absolute Gasteiger partial charge is 0.311 e. The molecule has 71 heavy (non-hydrogen) atoms. The van der Waals surface area contributed by atoms with Gasteiger partial charge in [-0.15, -0.1) is 11.3 Å². The lowest BCUT2D eigenvalue weighted by molar-refractivity contribution is 0.590. The van der Waals surface area contributed by atoms with Crippen LogP contribution in [0.5, 0.6) is 0 Å². The molecule has 0 saturated carbocycles. The van der Waals surface area contributed by atoms with Gasteiger partial charge >= 0.3 is 0 Å². The maximum atomic E-state index is 2.64. The van der Waals surface area contributed by atoms with Crippen molar-refractivity contribution in [3.8, 4) is 33.4 Å². The maximum Gasteiger partial charge on any atom is 0.264 e. The minimum Gasteiger partial charge on any atom is -0.311 e. The zero-order chi connectivity index (χ0) is 48.2. The molecule has 2 aliphatic heterocycles. The zero-order valence-corrected chi connectivity index (χ0v) is 42.6. The van der Waals surface area contributed by atoms with Gasteiger partial charge in [0.25, 0.3) is 6.71 Å². The molecule has 342 valence electrons. The minimum atomic E-state index is -0.436. The first-order valence-electron chi connectivity index (χ1n) is 25.5. The van der Waals surface area contributed by atoms with E-state index in [9.17, 15) is 0 Å². The Kier molecular flexibility index (Phi) is 9.01. The summed E-state index contributed by atoms with van der Waals surface area (Å²) < 4.78 is 2.72. The summed E-state index contributed by atoms with van der Waals surface area (Å²) in [5, 5.41) is 1.31. The molecule has 10 aromatic rings. The molecule has 4 aliphatic rings. The van der Waals surface area contributed by atoms with Crippen LogP contribution in [0.15, 0.2) is 182 Å². The molecule has 0 N–H and O–H groups in total. The van der Waals surface area contributed by atoms with Crippen LogP contribution in [0.25, 0.3) is 43.5 Å². The summed E-state index contributed by atoms with van der Waals surface area (Å²) in [5.74, 6) is 0.406. The Labute approximate surface area is 423 Å². The van der Waals surface area contributed by atoms with Crippen molar-refractivity contribution in [2.75, 3.05) is 9.80 Å². The van der Waals surface area contributed by atoms with E-state index < -0.39 is 5.41 Å².